The van der Waals surface area contributed by atoms with Crippen LogP contribution in [-0.4, -0.2) is 49.7 Å². The van der Waals surface area contributed by atoms with Crippen LogP contribution in [0.5, 0.6) is 0 Å². The number of likely N-dealkylation sites (N-methyl/N-ethyl adjacent to an activating group) is 1. The van der Waals surface area contributed by atoms with E-state index in [1.807, 2.05) is 30.3 Å². The number of ether oxygens (including phenoxy) is 2. The predicted octanol–water partition coefficient (Wildman–Crippen LogP) is 0.918. The van der Waals surface area contributed by atoms with Crippen molar-refractivity contribution < 1.29 is 40.4 Å². The highest BCUT2D eigenvalue weighted by Gasteiger charge is 2.54. The highest BCUT2D eigenvalue weighted by atomic mass is 35.5. The summed E-state index contributed by atoms with van der Waals surface area (Å²) in [5.41, 5.74) is -0.810. The van der Waals surface area contributed by atoms with Crippen LogP contribution in [0.3, 0.4) is 0 Å². The van der Waals surface area contributed by atoms with E-state index in [0.717, 1.165) is 49.7 Å². The summed E-state index contributed by atoms with van der Waals surface area (Å²) in [5, 5.41) is 0. The first-order chi connectivity index (χ1) is 14.4. The van der Waals surface area contributed by atoms with Crippen molar-refractivity contribution in [2.75, 3.05) is 27.2 Å². The van der Waals surface area contributed by atoms with Gasteiger partial charge in [0.05, 0.1) is 26.9 Å². The lowest BCUT2D eigenvalue weighted by Gasteiger charge is -2.37. The van der Waals surface area contributed by atoms with Gasteiger partial charge in [-0.2, -0.15) is 0 Å². The Bertz CT molecular complexity index is 877. The zero-order valence-electron chi connectivity index (χ0n) is 18.1. The van der Waals surface area contributed by atoms with Gasteiger partial charge in [0.1, 0.15) is 6.54 Å². The average Bonchev–Trinajstić information content (AvgIpc) is 3.49. The van der Waals surface area contributed by atoms with E-state index in [1.165, 1.54) is 6.26 Å². The normalized spacial score (nSPS) is 22.3. The summed E-state index contributed by atoms with van der Waals surface area (Å²) in [7, 11) is 4.26. The van der Waals surface area contributed by atoms with E-state index < -0.39 is 17.5 Å². The number of carbonyl (C=O) groups excluding carboxylic acids is 2. The molecule has 168 valence electrons. The molecule has 0 bridgehead atoms. The van der Waals surface area contributed by atoms with Gasteiger partial charge in [-0.1, -0.05) is 43.2 Å². The lowest BCUT2D eigenvalue weighted by molar-refractivity contribution is -0.879. The van der Waals surface area contributed by atoms with Gasteiger partial charge in [0.2, 0.25) is 11.4 Å². The van der Waals surface area contributed by atoms with Gasteiger partial charge >= 0.3 is 11.9 Å². The number of furan rings is 1. The van der Waals surface area contributed by atoms with Crippen LogP contribution in [0, 0.1) is 5.92 Å². The van der Waals surface area contributed by atoms with E-state index in [1.54, 1.807) is 12.1 Å². The van der Waals surface area contributed by atoms with Crippen LogP contribution in [0.25, 0.3) is 0 Å². The Kier molecular flexibility index (Phi) is 7.12. The highest BCUT2D eigenvalue weighted by Crippen LogP contribution is 2.45. The smallest absolute Gasteiger partial charge is 0.375 e. The molecule has 0 radical (unpaired) electrons. The Morgan fingerprint density at radius 3 is 2.32 bits per heavy atom. The van der Waals surface area contributed by atoms with Gasteiger partial charge in [0.15, 0.2) is 6.10 Å². The molecule has 0 amide bonds. The minimum Gasteiger partial charge on any atom is -1.00 e. The van der Waals surface area contributed by atoms with Gasteiger partial charge in [-0.25, -0.2) is 9.59 Å². The third-order valence-corrected chi connectivity index (χ3v) is 6.44. The molecule has 4 rings (SSSR count). The molecule has 2 atom stereocenters. The molecule has 0 N–H and O–H groups in total. The Morgan fingerprint density at radius 2 is 1.74 bits per heavy atom. The maximum Gasteiger partial charge on any atom is 0.375 e. The van der Waals surface area contributed by atoms with Crippen LogP contribution in [-0.2, 0) is 19.9 Å². The van der Waals surface area contributed by atoms with Crippen LogP contribution in [0.1, 0.15) is 48.2 Å². The summed E-state index contributed by atoms with van der Waals surface area (Å²) in [4.78, 5) is 26.8. The molecule has 31 heavy (non-hydrogen) atoms. The van der Waals surface area contributed by atoms with Crippen LogP contribution >= 0.6 is 0 Å². The number of quaternary nitrogens is 1. The number of hydrogen-bond donors (Lipinski definition) is 0. The summed E-state index contributed by atoms with van der Waals surface area (Å²) in [5.74, 6) is -1.15. The topological polar surface area (TPSA) is 65.7 Å². The first-order valence-electron chi connectivity index (χ1n) is 10.8. The van der Waals surface area contributed by atoms with E-state index in [9.17, 15) is 9.59 Å². The fraction of sp³-hybridized carbons (Fsp3) is 0.500. The van der Waals surface area contributed by atoms with Crippen molar-refractivity contribution in [3.63, 3.8) is 0 Å². The summed E-state index contributed by atoms with van der Waals surface area (Å²) in [6.45, 7) is 1.71. The molecule has 1 aliphatic carbocycles. The molecule has 1 saturated heterocycles. The second-order valence-electron chi connectivity index (χ2n) is 9.11. The molecule has 2 aromatic rings. The van der Waals surface area contributed by atoms with Crippen LogP contribution < -0.4 is 12.4 Å². The maximum atomic E-state index is 13.8. The first-order valence-corrected chi connectivity index (χ1v) is 10.8. The van der Waals surface area contributed by atoms with Gasteiger partial charge in [0.25, 0.3) is 0 Å². The van der Waals surface area contributed by atoms with Gasteiger partial charge in [-0.05, 0) is 25.0 Å². The molecule has 6 nitrogen and oxygen atoms in total. The van der Waals surface area contributed by atoms with Crippen LogP contribution in [0.2, 0.25) is 0 Å². The largest absolute Gasteiger partial charge is 1.00 e. The molecule has 1 aromatic carbocycles. The Balaban J connectivity index is 0.00000272. The molecule has 0 spiro atoms. The molecule has 7 heteroatoms. The van der Waals surface area contributed by atoms with E-state index in [-0.39, 0.29) is 30.2 Å². The standard InChI is InChI=1S/C24H30NO5.ClH/c1-25(2)15-14-20(17-25)29-23(27)24(19-11-6-7-12-19,18-9-4-3-5-10-18)30-22(26)21-13-8-16-28-21;/h3-5,8-10,13,16,19-20H,6-7,11-12,14-15,17H2,1-2H3;1H/q+1;/p-1. The van der Waals surface area contributed by atoms with Gasteiger partial charge in [0, 0.05) is 17.9 Å². The molecular formula is C24H30ClNO5. The summed E-state index contributed by atoms with van der Waals surface area (Å²) in [6, 6.07) is 12.5. The molecule has 1 aliphatic heterocycles. The number of likely N-dealkylation sites (tertiary alicyclic amines) is 1. The second-order valence-corrected chi connectivity index (χ2v) is 9.11. The van der Waals surface area contributed by atoms with Crippen molar-refractivity contribution in [1.82, 2.24) is 0 Å². The summed E-state index contributed by atoms with van der Waals surface area (Å²) >= 11 is 0. The number of nitrogens with zero attached hydrogens (tertiary/aromatic N) is 1. The highest BCUT2D eigenvalue weighted by molar-refractivity contribution is 5.91. The minimum absolute atomic E-state index is 0. The third-order valence-electron chi connectivity index (χ3n) is 6.44. The van der Waals surface area contributed by atoms with Crippen molar-refractivity contribution in [2.45, 2.75) is 43.8 Å². The van der Waals surface area contributed by atoms with E-state index >= 15 is 0 Å². The summed E-state index contributed by atoms with van der Waals surface area (Å²) in [6.07, 6.45) is 5.66. The first kappa shape index (κ1) is 23.4. The van der Waals surface area contributed by atoms with Crippen molar-refractivity contribution in [3.05, 3.63) is 60.1 Å². The summed E-state index contributed by atoms with van der Waals surface area (Å²) < 4.78 is 18.2. The molecule has 1 saturated carbocycles. The predicted molar refractivity (Wildman–Crippen MR) is 111 cm³/mol. The van der Waals surface area contributed by atoms with Crippen molar-refractivity contribution >= 4 is 11.9 Å². The third kappa shape index (κ3) is 4.80. The van der Waals surface area contributed by atoms with Crippen LogP contribution in [0.15, 0.2) is 53.1 Å². The Labute approximate surface area is 189 Å². The molecular weight excluding hydrogens is 418 g/mol. The molecule has 2 heterocycles. The SMILES string of the molecule is C[N+]1(C)CCC(OC(=O)C(OC(=O)c2ccco2)(c2ccccc2)C2CCCC2)C1.[Cl-]. The van der Waals surface area contributed by atoms with E-state index in [4.69, 9.17) is 13.9 Å². The maximum absolute atomic E-state index is 13.8. The number of rotatable bonds is 6. The average molecular weight is 448 g/mol. The van der Waals surface area contributed by atoms with Crippen molar-refractivity contribution in [3.8, 4) is 0 Å². The molecule has 2 fully saturated rings. The fourth-order valence-electron chi connectivity index (χ4n) is 4.88. The number of benzene rings is 1. The van der Waals surface area contributed by atoms with Gasteiger partial charge in [-0.15, -0.1) is 0 Å². The minimum atomic E-state index is -1.47. The van der Waals surface area contributed by atoms with Gasteiger partial charge in [-0.3, -0.25) is 0 Å². The zero-order chi connectivity index (χ0) is 21.2. The van der Waals surface area contributed by atoms with E-state index in [0.29, 0.717) is 5.56 Å². The number of hydrogen-bond acceptors (Lipinski definition) is 5. The Morgan fingerprint density at radius 1 is 1.03 bits per heavy atom. The number of esters is 2. The van der Waals surface area contributed by atoms with Crippen molar-refractivity contribution in [2.24, 2.45) is 5.92 Å². The zero-order valence-corrected chi connectivity index (χ0v) is 18.8. The number of carbonyl (C=O) groups is 2. The quantitative estimate of drug-likeness (QED) is 0.486. The van der Waals surface area contributed by atoms with Crippen LogP contribution in [0.4, 0.5) is 0 Å². The molecule has 2 aliphatic rings. The lowest BCUT2D eigenvalue weighted by atomic mass is 9.79. The monoisotopic (exact) mass is 447 g/mol. The lowest BCUT2D eigenvalue weighted by Crippen LogP contribution is -3.00. The van der Waals surface area contributed by atoms with Gasteiger partial charge < -0.3 is 30.8 Å². The molecule has 1 aromatic heterocycles. The van der Waals surface area contributed by atoms with Crippen molar-refractivity contribution in [1.29, 1.82) is 0 Å². The molecule has 2 unspecified atom stereocenters. The number of halogens is 1. The second kappa shape index (κ2) is 9.45. The van der Waals surface area contributed by atoms with E-state index in [2.05, 4.69) is 14.1 Å². The fourth-order valence-corrected chi connectivity index (χ4v) is 4.88. The Hall–Kier alpha value is -2.31.